The predicted octanol–water partition coefficient (Wildman–Crippen LogP) is 2.88. The molecule has 0 bridgehead atoms. The Morgan fingerprint density at radius 1 is 1.35 bits per heavy atom. The molecule has 3 rings (SSSR count). The van der Waals surface area contributed by atoms with Crippen molar-refractivity contribution >= 4 is 0 Å². The molecule has 110 valence electrons. The number of nitrogens with zero attached hydrogens (tertiary/aromatic N) is 1. The molecule has 1 saturated heterocycles. The topological polar surface area (TPSA) is 38.5 Å². The number of rotatable bonds is 3. The Kier molecular flexibility index (Phi) is 3.74. The van der Waals surface area contributed by atoms with Crippen LogP contribution >= 0.6 is 0 Å². The van der Waals surface area contributed by atoms with Gasteiger partial charge in [-0.15, -0.1) is 0 Å². The Hall–Kier alpha value is -1.06. The molecule has 1 aliphatic carbocycles. The first kappa shape index (κ1) is 13.9. The lowest BCUT2D eigenvalue weighted by Crippen LogP contribution is -2.47. The molecule has 2 aliphatic rings. The SMILES string of the molecule is CCC1CCC(C)N1C1Cc2ccc(OC)cc2C1N. The Morgan fingerprint density at radius 3 is 2.85 bits per heavy atom. The normalized spacial score (nSPS) is 33.4. The minimum Gasteiger partial charge on any atom is -0.497 e. The second kappa shape index (κ2) is 5.38. The average molecular weight is 274 g/mol. The number of hydrogen-bond donors (Lipinski definition) is 1. The minimum absolute atomic E-state index is 0.120. The van der Waals surface area contributed by atoms with E-state index in [9.17, 15) is 0 Å². The highest BCUT2D eigenvalue weighted by atomic mass is 16.5. The van der Waals surface area contributed by atoms with Crippen LogP contribution in [0.4, 0.5) is 0 Å². The van der Waals surface area contributed by atoms with Crippen molar-refractivity contribution in [3.05, 3.63) is 29.3 Å². The molecule has 0 spiro atoms. The van der Waals surface area contributed by atoms with Gasteiger partial charge in [0.05, 0.1) is 7.11 Å². The molecule has 1 heterocycles. The highest BCUT2D eigenvalue weighted by Crippen LogP contribution is 2.40. The molecule has 4 atom stereocenters. The van der Waals surface area contributed by atoms with Crippen molar-refractivity contribution in [1.29, 1.82) is 0 Å². The van der Waals surface area contributed by atoms with Crippen LogP contribution in [0, 0.1) is 0 Å². The molecule has 1 aliphatic heterocycles. The van der Waals surface area contributed by atoms with E-state index in [2.05, 4.69) is 36.9 Å². The maximum atomic E-state index is 6.58. The number of likely N-dealkylation sites (tertiary alicyclic amines) is 1. The number of fused-ring (bicyclic) bond motifs is 1. The van der Waals surface area contributed by atoms with E-state index in [1.807, 2.05) is 0 Å². The fraction of sp³-hybridized carbons (Fsp3) is 0.647. The summed E-state index contributed by atoms with van der Waals surface area (Å²) in [5.41, 5.74) is 9.26. The standard InChI is InChI=1S/C17H26N2O/c1-4-13-7-5-11(2)19(13)16-9-12-6-8-14(20-3)10-15(12)17(16)18/h6,8,10-11,13,16-17H,4-5,7,9,18H2,1-3H3. The van der Waals surface area contributed by atoms with Gasteiger partial charge in [0.15, 0.2) is 0 Å². The van der Waals surface area contributed by atoms with Gasteiger partial charge in [-0.05, 0) is 55.9 Å². The molecule has 4 unspecified atom stereocenters. The van der Waals surface area contributed by atoms with Crippen LogP contribution in [0.1, 0.15) is 50.3 Å². The number of ether oxygens (including phenoxy) is 1. The van der Waals surface area contributed by atoms with Crippen LogP contribution < -0.4 is 10.5 Å². The molecular weight excluding hydrogens is 248 g/mol. The molecule has 0 aromatic heterocycles. The van der Waals surface area contributed by atoms with E-state index in [0.29, 0.717) is 18.1 Å². The van der Waals surface area contributed by atoms with Crippen molar-refractivity contribution < 1.29 is 4.74 Å². The maximum Gasteiger partial charge on any atom is 0.119 e. The van der Waals surface area contributed by atoms with Crippen LogP contribution in [0.5, 0.6) is 5.75 Å². The third kappa shape index (κ3) is 2.13. The monoisotopic (exact) mass is 274 g/mol. The van der Waals surface area contributed by atoms with Gasteiger partial charge >= 0.3 is 0 Å². The molecule has 1 fully saturated rings. The smallest absolute Gasteiger partial charge is 0.119 e. The van der Waals surface area contributed by atoms with Gasteiger partial charge in [-0.25, -0.2) is 0 Å². The molecule has 3 nitrogen and oxygen atoms in total. The molecule has 20 heavy (non-hydrogen) atoms. The van der Waals surface area contributed by atoms with Gasteiger partial charge in [0.1, 0.15) is 5.75 Å². The zero-order valence-corrected chi connectivity index (χ0v) is 12.8. The molecule has 1 aromatic carbocycles. The Labute approximate surface area is 122 Å². The van der Waals surface area contributed by atoms with Gasteiger partial charge in [-0.3, -0.25) is 4.90 Å². The van der Waals surface area contributed by atoms with Crippen molar-refractivity contribution in [3.63, 3.8) is 0 Å². The van der Waals surface area contributed by atoms with E-state index in [4.69, 9.17) is 10.5 Å². The number of benzene rings is 1. The molecule has 0 saturated carbocycles. The van der Waals surface area contributed by atoms with E-state index in [0.717, 1.165) is 12.2 Å². The zero-order valence-electron chi connectivity index (χ0n) is 12.8. The van der Waals surface area contributed by atoms with Crippen molar-refractivity contribution in [2.45, 2.75) is 63.7 Å². The second-order valence-corrected chi connectivity index (χ2v) is 6.30. The lowest BCUT2D eigenvalue weighted by atomic mass is 10.0. The highest BCUT2D eigenvalue weighted by molar-refractivity contribution is 5.42. The van der Waals surface area contributed by atoms with Gasteiger partial charge in [0.25, 0.3) is 0 Å². The summed E-state index contributed by atoms with van der Waals surface area (Å²) in [6, 6.07) is 8.31. The van der Waals surface area contributed by atoms with E-state index in [1.165, 1.54) is 30.4 Å². The lowest BCUT2D eigenvalue weighted by Gasteiger charge is -2.36. The largest absolute Gasteiger partial charge is 0.497 e. The summed E-state index contributed by atoms with van der Waals surface area (Å²) < 4.78 is 5.34. The van der Waals surface area contributed by atoms with Crippen molar-refractivity contribution in [3.8, 4) is 5.75 Å². The number of nitrogens with two attached hydrogens (primary N) is 1. The fourth-order valence-electron chi connectivity index (χ4n) is 4.15. The van der Waals surface area contributed by atoms with Crippen molar-refractivity contribution in [1.82, 2.24) is 4.90 Å². The summed E-state index contributed by atoms with van der Waals surface area (Å²) in [6.07, 6.45) is 4.94. The first-order chi connectivity index (χ1) is 9.65. The van der Waals surface area contributed by atoms with Gasteiger partial charge in [0, 0.05) is 24.2 Å². The summed E-state index contributed by atoms with van der Waals surface area (Å²) >= 11 is 0. The lowest BCUT2D eigenvalue weighted by molar-refractivity contribution is 0.121. The zero-order chi connectivity index (χ0) is 14.3. The summed E-state index contributed by atoms with van der Waals surface area (Å²) in [5.74, 6) is 0.918. The third-order valence-electron chi connectivity index (χ3n) is 5.26. The molecule has 0 radical (unpaired) electrons. The summed E-state index contributed by atoms with van der Waals surface area (Å²) in [6.45, 7) is 4.65. The fourth-order valence-corrected chi connectivity index (χ4v) is 4.15. The second-order valence-electron chi connectivity index (χ2n) is 6.30. The first-order valence-electron chi connectivity index (χ1n) is 7.85. The summed E-state index contributed by atoms with van der Waals surface area (Å²) in [7, 11) is 1.72. The Balaban J connectivity index is 1.87. The summed E-state index contributed by atoms with van der Waals surface area (Å²) in [5, 5.41) is 0. The quantitative estimate of drug-likeness (QED) is 0.921. The molecule has 0 amide bonds. The van der Waals surface area contributed by atoms with Crippen LogP contribution in [0.3, 0.4) is 0 Å². The average Bonchev–Trinajstić information content (AvgIpc) is 2.99. The maximum absolute atomic E-state index is 6.58. The van der Waals surface area contributed by atoms with E-state index >= 15 is 0 Å². The molecular formula is C17H26N2O. The van der Waals surface area contributed by atoms with E-state index in [1.54, 1.807) is 7.11 Å². The van der Waals surface area contributed by atoms with Crippen molar-refractivity contribution in [2.24, 2.45) is 5.73 Å². The van der Waals surface area contributed by atoms with Crippen LogP contribution in [0.2, 0.25) is 0 Å². The van der Waals surface area contributed by atoms with Crippen molar-refractivity contribution in [2.75, 3.05) is 7.11 Å². The molecule has 2 N–H and O–H groups in total. The number of hydrogen-bond acceptors (Lipinski definition) is 3. The van der Waals surface area contributed by atoms with Crippen LogP contribution in [0.25, 0.3) is 0 Å². The summed E-state index contributed by atoms with van der Waals surface area (Å²) in [4.78, 5) is 2.69. The van der Waals surface area contributed by atoms with E-state index < -0.39 is 0 Å². The van der Waals surface area contributed by atoms with Gasteiger partial charge in [-0.1, -0.05) is 13.0 Å². The third-order valence-corrected chi connectivity index (χ3v) is 5.26. The predicted molar refractivity (Wildman–Crippen MR) is 82.0 cm³/mol. The minimum atomic E-state index is 0.120. The van der Waals surface area contributed by atoms with Crippen LogP contribution in [0.15, 0.2) is 18.2 Å². The Morgan fingerprint density at radius 2 is 2.15 bits per heavy atom. The van der Waals surface area contributed by atoms with Gasteiger partial charge < -0.3 is 10.5 Å². The van der Waals surface area contributed by atoms with E-state index in [-0.39, 0.29) is 6.04 Å². The van der Waals surface area contributed by atoms with Crippen LogP contribution in [-0.2, 0) is 6.42 Å². The van der Waals surface area contributed by atoms with Crippen LogP contribution in [-0.4, -0.2) is 30.1 Å². The highest BCUT2D eigenvalue weighted by Gasteiger charge is 2.41. The molecule has 3 heteroatoms. The number of methoxy groups -OCH3 is 1. The van der Waals surface area contributed by atoms with Gasteiger partial charge in [0.2, 0.25) is 0 Å². The molecule has 1 aromatic rings. The van der Waals surface area contributed by atoms with Gasteiger partial charge in [-0.2, -0.15) is 0 Å². The first-order valence-corrected chi connectivity index (χ1v) is 7.85. The Bertz CT molecular complexity index is 488.